The maximum atomic E-state index is 11.8. The number of anilines is 2. The number of unbranched alkanes of at least 4 members (excludes halogenated alkanes) is 1. The number of hydrogen-bond acceptors (Lipinski definition) is 8. The molecule has 0 aliphatic carbocycles. The van der Waals surface area contributed by atoms with Gasteiger partial charge in [-0.3, -0.25) is 0 Å². The van der Waals surface area contributed by atoms with E-state index in [1.807, 2.05) is 6.92 Å². The predicted molar refractivity (Wildman–Crippen MR) is 136 cm³/mol. The number of nitrogens with one attached hydrogen (secondary N) is 2. The summed E-state index contributed by atoms with van der Waals surface area (Å²) >= 11 is 3.29. The van der Waals surface area contributed by atoms with Crippen LogP contribution in [0.3, 0.4) is 0 Å². The Hall–Kier alpha value is -2.30. The number of ether oxygens (including phenoxy) is 1. The highest BCUT2D eigenvalue weighted by molar-refractivity contribution is 9.10. The molecule has 2 aromatic heterocycles. The van der Waals surface area contributed by atoms with Crippen molar-refractivity contribution < 1.29 is 14.6 Å². The molecule has 0 fully saturated rings. The van der Waals surface area contributed by atoms with Crippen LogP contribution in [0.15, 0.2) is 29.0 Å². The van der Waals surface area contributed by atoms with E-state index in [1.54, 1.807) is 19.5 Å². The molecule has 0 saturated heterocycles. The third-order valence-corrected chi connectivity index (χ3v) is 6.39. The summed E-state index contributed by atoms with van der Waals surface area (Å²) in [6.45, 7) is 5.28. The molecule has 10 heteroatoms. The molecule has 3 heterocycles. The zero-order chi connectivity index (χ0) is 24.3. The number of halogens is 1. The molecule has 0 radical (unpaired) electrons. The van der Waals surface area contributed by atoms with Crippen molar-refractivity contribution in [3.05, 3.63) is 40.3 Å². The van der Waals surface area contributed by atoms with Crippen LogP contribution in [0.2, 0.25) is 0 Å². The van der Waals surface area contributed by atoms with Crippen molar-refractivity contribution in [2.75, 3.05) is 43.9 Å². The van der Waals surface area contributed by atoms with Gasteiger partial charge in [0.2, 0.25) is 5.95 Å². The highest BCUT2D eigenvalue weighted by Crippen LogP contribution is 2.20. The van der Waals surface area contributed by atoms with E-state index >= 15 is 0 Å². The Labute approximate surface area is 209 Å². The Balaban J connectivity index is 1.49. The van der Waals surface area contributed by atoms with E-state index in [9.17, 15) is 9.90 Å². The van der Waals surface area contributed by atoms with Crippen LogP contribution in [-0.4, -0.2) is 76.4 Å². The van der Waals surface area contributed by atoms with Crippen LogP contribution in [0.4, 0.5) is 11.8 Å². The molecule has 0 amide bonds. The molecule has 0 aromatic carbocycles. The van der Waals surface area contributed by atoms with Gasteiger partial charge in [0.25, 0.3) is 0 Å². The quantitative estimate of drug-likeness (QED) is 0.313. The van der Waals surface area contributed by atoms with Crippen LogP contribution >= 0.6 is 15.9 Å². The zero-order valence-corrected chi connectivity index (χ0v) is 21.6. The van der Waals surface area contributed by atoms with Crippen LogP contribution in [0.1, 0.15) is 43.9 Å². The smallest absolute Gasteiger partial charge is 0.326 e. The molecule has 9 nitrogen and oxygen atoms in total. The third-order valence-electron chi connectivity index (χ3n) is 5.98. The number of carbonyl (C=O) groups is 1. The fourth-order valence-corrected chi connectivity index (χ4v) is 4.20. The van der Waals surface area contributed by atoms with E-state index in [-0.39, 0.29) is 6.10 Å². The molecule has 34 heavy (non-hydrogen) atoms. The number of nitrogens with zero attached hydrogens (tertiary/aromatic N) is 4. The summed E-state index contributed by atoms with van der Waals surface area (Å²) in [5.41, 5.74) is 2.43. The van der Waals surface area contributed by atoms with Crippen LogP contribution < -0.4 is 10.6 Å². The summed E-state index contributed by atoms with van der Waals surface area (Å²) in [6.07, 6.45) is 8.91. The first-order chi connectivity index (χ1) is 16.4. The van der Waals surface area contributed by atoms with E-state index in [4.69, 9.17) is 9.72 Å². The van der Waals surface area contributed by atoms with Crippen molar-refractivity contribution in [2.24, 2.45) is 0 Å². The number of hydrogen-bond donors (Lipinski definition) is 3. The Kier molecular flexibility index (Phi) is 10.5. The average molecular weight is 535 g/mol. The van der Waals surface area contributed by atoms with Gasteiger partial charge in [0.1, 0.15) is 11.9 Å². The van der Waals surface area contributed by atoms with Crippen molar-refractivity contribution in [3.8, 4) is 0 Å². The summed E-state index contributed by atoms with van der Waals surface area (Å²) in [5.74, 6) is 0.430. The highest BCUT2D eigenvalue weighted by Gasteiger charge is 2.20. The second-order valence-corrected chi connectivity index (χ2v) is 9.61. The van der Waals surface area contributed by atoms with Crippen LogP contribution in [-0.2, 0) is 22.4 Å². The van der Waals surface area contributed by atoms with E-state index in [1.165, 1.54) is 5.56 Å². The maximum Gasteiger partial charge on any atom is 0.326 e. The fraction of sp³-hybridized carbons (Fsp3) is 0.583. The number of fused-ring (bicyclic) bond motifs is 1. The molecule has 0 bridgehead atoms. The molecule has 186 valence electrons. The lowest BCUT2D eigenvalue weighted by Crippen LogP contribution is -2.38. The minimum atomic E-state index is -0.918. The minimum Gasteiger partial charge on any atom is -0.480 e. The first-order valence-electron chi connectivity index (χ1n) is 11.9. The van der Waals surface area contributed by atoms with Crippen LogP contribution in [0, 0.1) is 0 Å². The predicted octanol–water partition coefficient (Wildman–Crippen LogP) is 3.61. The van der Waals surface area contributed by atoms with Crippen molar-refractivity contribution in [3.63, 3.8) is 0 Å². The van der Waals surface area contributed by atoms with Gasteiger partial charge < -0.3 is 25.4 Å². The second-order valence-electron chi connectivity index (χ2n) is 8.69. The van der Waals surface area contributed by atoms with E-state index in [0.717, 1.165) is 67.7 Å². The molecular formula is C24H35BrN6O3. The third kappa shape index (κ3) is 8.48. The zero-order valence-electron chi connectivity index (χ0n) is 20.0. The number of pyridine rings is 1. The molecule has 2 aromatic rings. The first-order valence-corrected chi connectivity index (χ1v) is 12.7. The van der Waals surface area contributed by atoms with Crippen molar-refractivity contribution in [1.29, 1.82) is 0 Å². The van der Waals surface area contributed by atoms with Gasteiger partial charge >= 0.3 is 5.97 Å². The number of methoxy groups -OCH3 is 1. The van der Waals surface area contributed by atoms with Gasteiger partial charge in [-0.05, 0) is 79.6 Å². The van der Waals surface area contributed by atoms with Crippen molar-refractivity contribution in [1.82, 2.24) is 19.9 Å². The van der Waals surface area contributed by atoms with Crippen LogP contribution in [0.5, 0.6) is 0 Å². The van der Waals surface area contributed by atoms with Gasteiger partial charge in [-0.1, -0.05) is 6.07 Å². The Bertz CT molecular complexity index is 914. The standard InChI is InChI=1S/C24H35BrN6O3/c1-17(34-2)16-31(13-10-21(23(32)33)30-24-27-14-19(25)15-28-24)12-4-3-7-20-9-8-18-6-5-11-26-22(18)29-20/h8-9,14-15,17,21H,3-7,10-13,16H2,1-2H3,(H,26,29)(H,32,33)(H,27,28,30). The summed E-state index contributed by atoms with van der Waals surface area (Å²) in [5, 5.41) is 16.0. The van der Waals surface area contributed by atoms with Gasteiger partial charge in [0, 0.05) is 44.8 Å². The number of aliphatic carboxylic acids is 1. The lowest BCUT2D eigenvalue weighted by molar-refractivity contribution is -0.138. The largest absolute Gasteiger partial charge is 0.480 e. The van der Waals surface area contributed by atoms with E-state index in [2.05, 4.69) is 53.6 Å². The summed E-state index contributed by atoms with van der Waals surface area (Å²) in [6, 6.07) is 3.57. The van der Waals surface area contributed by atoms with Crippen molar-refractivity contribution >= 4 is 33.7 Å². The topological polar surface area (TPSA) is 113 Å². The molecular weight excluding hydrogens is 500 g/mol. The van der Waals surface area contributed by atoms with E-state index in [0.29, 0.717) is 18.9 Å². The number of carboxylic acid groups (broad SMARTS) is 1. The molecule has 2 atom stereocenters. The average Bonchev–Trinajstić information content (AvgIpc) is 2.84. The van der Waals surface area contributed by atoms with Gasteiger partial charge in [-0.2, -0.15) is 0 Å². The monoisotopic (exact) mass is 534 g/mol. The minimum absolute atomic E-state index is 0.0689. The number of aromatic nitrogens is 3. The van der Waals surface area contributed by atoms with Gasteiger partial charge in [-0.15, -0.1) is 0 Å². The fourth-order valence-electron chi connectivity index (χ4n) is 3.99. The van der Waals surface area contributed by atoms with E-state index < -0.39 is 12.0 Å². The molecule has 0 spiro atoms. The van der Waals surface area contributed by atoms with Crippen LogP contribution in [0.25, 0.3) is 0 Å². The summed E-state index contributed by atoms with van der Waals surface area (Å²) in [4.78, 5) is 27.1. The Morgan fingerprint density at radius 3 is 2.82 bits per heavy atom. The molecule has 1 aliphatic rings. The normalized spacial score (nSPS) is 14.8. The molecule has 2 unspecified atom stereocenters. The van der Waals surface area contributed by atoms with Gasteiger partial charge in [0.05, 0.1) is 10.6 Å². The molecule has 0 saturated carbocycles. The molecule has 3 N–H and O–H groups in total. The second kappa shape index (κ2) is 13.6. The van der Waals surface area contributed by atoms with Crippen molar-refractivity contribution in [2.45, 2.75) is 57.6 Å². The summed E-state index contributed by atoms with van der Waals surface area (Å²) in [7, 11) is 1.70. The number of carboxylic acids is 1. The SMILES string of the molecule is COC(C)CN(CCCCc1ccc2c(n1)NCCC2)CCC(Nc1ncc(Br)cn1)C(=O)O. The maximum absolute atomic E-state index is 11.8. The molecule has 1 aliphatic heterocycles. The first kappa shape index (κ1) is 26.3. The molecule has 3 rings (SSSR count). The Morgan fingerprint density at radius 2 is 2.09 bits per heavy atom. The van der Waals surface area contributed by atoms with Gasteiger partial charge in [0.15, 0.2) is 0 Å². The lowest BCUT2D eigenvalue weighted by atomic mass is 10.1. The summed E-state index contributed by atoms with van der Waals surface area (Å²) < 4.78 is 6.20. The Morgan fingerprint density at radius 1 is 1.29 bits per heavy atom. The lowest BCUT2D eigenvalue weighted by Gasteiger charge is -2.26. The number of aryl methyl sites for hydroxylation is 2. The highest BCUT2D eigenvalue weighted by atomic mass is 79.9. The number of rotatable bonds is 14. The van der Waals surface area contributed by atoms with Gasteiger partial charge in [-0.25, -0.2) is 19.7 Å².